The van der Waals surface area contributed by atoms with Gasteiger partial charge in [-0.1, -0.05) is 54.6 Å². The van der Waals surface area contributed by atoms with Crippen LogP contribution >= 0.6 is 0 Å². The van der Waals surface area contributed by atoms with E-state index in [1.165, 1.54) is 0 Å². The SMILES string of the molecule is O=C(Nc1ccccc1)c1cc(CNc2ccccc2)cc(C(=O)Nc2ccccc2)c1. The van der Waals surface area contributed by atoms with Crippen molar-refractivity contribution in [1.29, 1.82) is 0 Å². The molecule has 0 saturated carbocycles. The first kappa shape index (κ1) is 20.9. The fourth-order valence-electron chi connectivity index (χ4n) is 3.27. The summed E-state index contributed by atoms with van der Waals surface area (Å²) in [7, 11) is 0. The van der Waals surface area contributed by atoms with Crippen LogP contribution in [0.15, 0.2) is 109 Å². The van der Waals surface area contributed by atoms with Crippen molar-refractivity contribution in [3.8, 4) is 0 Å². The van der Waals surface area contributed by atoms with Gasteiger partial charge in [0.15, 0.2) is 0 Å². The molecule has 3 N–H and O–H groups in total. The number of nitrogens with one attached hydrogen (secondary N) is 3. The van der Waals surface area contributed by atoms with Crippen LogP contribution in [0, 0.1) is 0 Å². The topological polar surface area (TPSA) is 70.2 Å². The summed E-state index contributed by atoms with van der Waals surface area (Å²) in [6.45, 7) is 0.474. The van der Waals surface area contributed by atoms with Crippen molar-refractivity contribution in [2.75, 3.05) is 16.0 Å². The number of hydrogen-bond donors (Lipinski definition) is 3. The predicted molar refractivity (Wildman–Crippen MR) is 129 cm³/mol. The largest absolute Gasteiger partial charge is 0.381 e. The molecule has 0 aromatic heterocycles. The molecule has 0 atom stereocenters. The van der Waals surface area contributed by atoms with Crippen LogP contribution in [-0.4, -0.2) is 11.8 Å². The maximum absolute atomic E-state index is 12.9. The van der Waals surface area contributed by atoms with E-state index in [0.29, 0.717) is 29.0 Å². The van der Waals surface area contributed by atoms with Crippen molar-refractivity contribution in [3.63, 3.8) is 0 Å². The van der Waals surface area contributed by atoms with Crippen molar-refractivity contribution in [1.82, 2.24) is 0 Å². The molecule has 0 saturated heterocycles. The molecule has 4 rings (SSSR count). The van der Waals surface area contributed by atoms with E-state index < -0.39 is 0 Å². The van der Waals surface area contributed by atoms with Gasteiger partial charge < -0.3 is 16.0 Å². The molecular formula is C27H23N3O2. The second kappa shape index (κ2) is 10.1. The zero-order valence-electron chi connectivity index (χ0n) is 17.4. The third-order valence-electron chi connectivity index (χ3n) is 4.85. The molecule has 0 spiro atoms. The fraction of sp³-hybridized carbons (Fsp3) is 0.0370. The van der Waals surface area contributed by atoms with Gasteiger partial charge in [-0.05, 0) is 60.2 Å². The second-order valence-corrected chi connectivity index (χ2v) is 7.28. The molecule has 0 bridgehead atoms. The number of carbonyl (C=O) groups excluding carboxylic acids is 2. The van der Waals surface area contributed by atoms with Crippen LogP contribution in [0.4, 0.5) is 17.1 Å². The van der Waals surface area contributed by atoms with Crippen molar-refractivity contribution in [3.05, 3.63) is 126 Å². The zero-order valence-corrected chi connectivity index (χ0v) is 17.4. The first-order chi connectivity index (χ1) is 15.7. The van der Waals surface area contributed by atoms with E-state index in [1.54, 1.807) is 18.2 Å². The summed E-state index contributed by atoms with van der Waals surface area (Å²) in [6.07, 6.45) is 0. The smallest absolute Gasteiger partial charge is 0.255 e. The van der Waals surface area contributed by atoms with Crippen molar-refractivity contribution in [2.24, 2.45) is 0 Å². The maximum Gasteiger partial charge on any atom is 0.255 e. The van der Waals surface area contributed by atoms with Gasteiger partial charge in [0.1, 0.15) is 0 Å². The van der Waals surface area contributed by atoms with E-state index in [0.717, 1.165) is 11.3 Å². The quantitative estimate of drug-likeness (QED) is 0.353. The van der Waals surface area contributed by atoms with Crippen molar-refractivity contribution < 1.29 is 9.59 Å². The normalized spacial score (nSPS) is 10.2. The molecule has 0 aliphatic carbocycles. The molecule has 0 radical (unpaired) electrons. The molecule has 5 heteroatoms. The molecule has 0 fully saturated rings. The van der Waals surface area contributed by atoms with E-state index in [-0.39, 0.29) is 11.8 Å². The van der Waals surface area contributed by atoms with Crippen LogP contribution in [-0.2, 0) is 6.54 Å². The van der Waals surface area contributed by atoms with Crippen LogP contribution in [0.5, 0.6) is 0 Å². The highest BCUT2D eigenvalue weighted by Crippen LogP contribution is 2.17. The Morgan fingerprint density at radius 2 is 0.938 bits per heavy atom. The Balaban J connectivity index is 1.59. The number of benzene rings is 4. The highest BCUT2D eigenvalue weighted by Gasteiger charge is 2.14. The molecule has 0 heterocycles. The Hall–Kier alpha value is -4.38. The van der Waals surface area contributed by atoms with Crippen molar-refractivity contribution >= 4 is 28.9 Å². The Kier molecular flexibility index (Phi) is 6.58. The van der Waals surface area contributed by atoms with Crippen LogP contribution in [0.1, 0.15) is 26.3 Å². The van der Waals surface area contributed by atoms with E-state index in [2.05, 4.69) is 16.0 Å². The van der Waals surface area contributed by atoms with Gasteiger partial charge in [0, 0.05) is 34.7 Å². The van der Waals surface area contributed by atoms with Gasteiger partial charge >= 0.3 is 0 Å². The van der Waals surface area contributed by atoms with Gasteiger partial charge in [-0.3, -0.25) is 9.59 Å². The lowest BCUT2D eigenvalue weighted by Gasteiger charge is -2.12. The molecule has 32 heavy (non-hydrogen) atoms. The second-order valence-electron chi connectivity index (χ2n) is 7.28. The summed E-state index contributed by atoms with van der Waals surface area (Å²) in [5, 5.41) is 9.10. The number of carbonyl (C=O) groups is 2. The number of amides is 2. The molecular weight excluding hydrogens is 398 g/mol. The molecule has 4 aromatic rings. The van der Waals surface area contributed by atoms with Gasteiger partial charge in [0.25, 0.3) is 11.8 Å². The summed E-state index contributed by atoms with van der Waals surface area (Å²) >= 11 is 0. The fourth-order valence-corrected chi connectivity index (χ4v) is 3.27. The average molecular weight is 422 g/mol. The molecule has 0 aliphatic rings. The van der Waals surface area contributed by atoms with E-state index >= 15 is 0 Å². The Labute approximate surface area is 187 Å². The third kappa shape index (κ3) is 5.61. The Bertz CT molecular complexity index is 1120. The molecule has 4 aromatic carbocycles. The molecule has 5 nitrogen and oxygen atoms in total. The summed E-state index contributed by atoms with van der Waals surface area (Å²) in [4.78, 5) is 25.8. The zero-order chi connectivity index (χ0) is 22.2. The summed E-state index contributed by atoms with van der Waals surface area (Å²) < 4.78 is 0. The van der Waals surface area contributed by atoms with Crippen LogP contribution in [0.25, 0.3) is 0 Å². The number of para-hydroxylation sites is 3. The van der Waals surface area contributed by atoms with Crippen LogP contribution in [0.2, 0.25) is 0 Å². The van der Waals surface area contributed by atoms with Crippen molar-refractivity contribution in [2.45, 2.75) is 6.54 Å². The van der Waals surface area contributed by atoms with E-state index in [4.69, 9.17) is 0 Å². The Morgan fingerprint density at radius 3 is 1.38 bits per heavy atom. The minimum Gasteiger partial charge on any atom is -0.381 e. The first-order valence-electron chi connectivity index (χ1n) is 10.3. The number of anilines is 3. The predicted octanol–water partition coefficient (Wildman–Crippen LogP) is 5.80. The minimum atomic E-state index is -0.272. The summed E-state index contributed by atoms with van der Waals surface area (Å²) in [6, 6.07) is 33.5. The van der Waals surface area contributed by atoms with Gasteiger partial charge in [0.2, 0.25) is 0 Å². The van der Waals surface area contributed by atoms with Gasteiger partial charge in [-0.15, -0.1) is 0 Å². The highest BCUT2D eigenvalue weighted by molar-refractivity contribution is 6.09. The van der Waals surface area contributed by atoms with Crippen LogP contribution in [0.3, 0.4) is 0 Å². The number of hydrogen-bond acceptors (Lipinski definition) is 3. The summed E-state index contributed by atoms with van der Waals surface area (Å²) in [5.74, 6) is -0.543. The van der Waals surface area contributed by atoms with Crippen LogP contribution < -0.4 is 16.0 Å². The average Bonchev–Trinajstić information content (AvgIpc) is 2.84. The molecule has 0 unspecified atom stereocenters. The Morgan fingerprint density at radius 1 is 0.531 bits per heavy atom. The monoisotopic (exact) mass is 421 g/mol. The van der Waals surface area contributed by atoms with Gasteiger partial charge in [0.05, 0.1) is 0 Å². The molecule has 158 valence electrons. The van der Waals surface area contributed by atoms with Gasteiger partial charge in [-0.2, -0.15) is 0 Å². The molecule has 0 aliphatic heterocycles. The lowest BCUT2D eigenvalue weighted by molar-refractivity contribution is 0.102. The summed E-state index contributed by atoms with van der Waals surface area (Å²) in [5.41, 5.74) is 4.01. The van der Waals surface area contributed by atoms with E-state index in [1.807, 2.05) is 91.0 Å². The highest BCUT2D eigenvalue weighted by atomic mass is 16.2. The standard InChI is InChI=1S/C27H23N3O2/c31-26(29-24-12-6-2-7-13-24)21-16-20(19-28-23-10-4-1-5-11-23)17-22(18-21)27(32)30-25-14-8-3-9-15-25/h1-18,28H,19H2,(H,29,31)(H,30,32). The number of rotatable bonds is 7. The maximum atomic E-state index is 12.9. The van der Waals surface area contributed by atoms with E-state index in [9.17, 15) is 9.59 Å². The first-order valence-corrected chi connectivity index (χ1v) is 10.3. The van der Waals surface area contributed by atoms with Gasteiger partial charge in [-0.25, -0.2) is 0 Å². The third-order valence-corrected chi connectivity index (χ3v) is 4.85. The molecule has 2 amide bonds. The lowest BCUT2D eigenvalue weighted by Crippen LogP contribution is -2.17. The minimum absolute atomic E-state index is 0.272. The lowest BCUT2D eigenvalue weighted by atomic mass is 10.0.